The zero-order valence-corrected chi connectivity index (χ0v) is 18.0. The Balaban J connectivity index is 2.07. The number of nitrogen functional groups attached to an aromatic ring is 2. The average molecular weight is 438 g/mol. The van der Waals surface area contributed by atoms with Gasteiger partial charge in [-0.1, -0.05) is 0 Å². The summed E-state index contributed by atoms with van der Waals surface area (Å²) >= 11 is 0. The van der Waals surface area contributed by atoms with Crippen LogP contribution in [0.25, 0.3) is 33.9 Å². The first-order valence-electron chi connectivity index (χ1n) is 9.42. The lowest BCUT2D eigenvalue weighted by Gasteiger charge is -2.16. The predicted octanol–water partition coefficient (Wildman–Crippen LogP) is 1.74. The second kappa shape index (κ2) is 8.51. The van der Waals surface area contributed by atoms with Crippen molar-refractivity contribution >= 4 is 22.9 Å². The molecule has 0 aliphatic heterocycles. The van der Waals surface area contributed by atoms with Crippen LogP contribution in [-0.4, -0.2) is 57.9 Å². The quantitative estimate of drug-likeness (QED) is 0.433. The molecule has 0 unspecified atom stereocenters. The van der Waals surface area contributed by atoms with Crippen molar-refractivity contribution in [3.8, 4) is 40.0 Å². The Hall–Kier alpha value is -4.19. The molecular weight excluding hydrogens is 416 g/mol. The molecular formula is C20H22N8O4. The number of imidazole rings is 1. The van der Waals surface area contributed by atoms with E-state index in [1.807, 2.05) is 0 Å². The highest BCUT2D eigenvalue weighted by Crippen LogP contribution is 2.42. The Morgan fingerprint density at radius 2 is 1.59 bits per heavy atom. The lowest BCUT2D eigenvalue weighted by molar-refractivity contribution is 0.132. The van der Waals surface area contributed by atoms with E-state index < -0.39 is 0 Å². The van der Waals surface area contributed by atoms with Gasteiger partial charge in [-0.2, -0.15) is 9.97 Å². The number of rotatable bonds is 7. The van der Waals surface area contributed by atoms with Gasteiger partial charge < -0.3 is 35.0 Å². The Kier molecular flexibility index (Phi) is 5.60. The van der Waals surface area contributed by atoms with Crippen molar-refractivity contribution in [2.45, 2.75) is 6.73 Å². The topological polar surface area (TPSA) is 158 Å². The number of nitrogens with zero attached hydrogens (tertiary/aromatic N) is 6. The summed E-state index contributed by atoms with van der Waals surface area (Å²) in [6.45, 7) is 0.261. The number of hydrogen-bond donors (Lipinski definition) is 2. The monoisotopic (exact) mass is 438 g/mol. The number of nitrogens with two attached hydrogens (primary N) is 2. The lowest BCUT2D eigenvalue weighted by atomic mass is 10.1. The van der Waals surface area contributed by atoms with E-state index in [1.54, 1.807) is 36.2 Å². The van der Waals surface area contributed by atoms with E-state index >= 15 is 0 Å². The van der Waals surface area contributed by atoms with Crippen LogP contribution in [0, 0.1) is 0 Å². The zero-order chi connectivity index (χ0) is 22.8. The van der Waals surface area contributed by atoms with Crippen molar-refractivity contribution < 1.29 is 18.9 Å². The minimum atomic E-state index is -0.00576. The van der Waals surface area contributed by atoms with E-state index in [9.17, 15) is 0 Å². The van der Waals surface area contributed by atoms with Gasteiger partial charge in [0.25, 0.3) is 0 Å². The molecule has 166 valence electrons. The van der Waals surface area contributed by atoms with Crippen molar-refractivity contribution in [2.24, 2.45) is 0 Å². The van der Waals surface area contributed by atoms with Crippen molar-refractivity contribution in [1.82, 2.24) is 29.5 Å². The third kappa shape index (κ3) is 3.56. The average Bonchev–Trinajstić information content (AvgIpc) is 3.25. The number of methoxy groups -OCH3 is 4. The van der Waals surface area contributed by atoms with Gasteiger partial charge in [-0.3, -0.25) is 0 Å². The molecule has 4 aromatic rings. The zero-order valence-electron chi connectivity index (χ0n) is 18.0. The van der Waals surface area contributed by atoms with Crippen LogP contribution in [0.15, 0.2) is 24.5 Å². The molecule has 0 amide bonds. The summed E-state index contributed by atoms with van der Waals surface area (Å²) in [6, 6.07) is 3.52. The van der Waals surface area contributed by atoms with Crippen LogP contribution in [-0.2, 0) is 11.5 Å². The van der Waals surface area contributed by atoms with Crippen LogP contribution in [0.1, 0.15) is 0 Å². The first kappa shape index (κ1) is 21.1. The Bertz CT molecular complexity index is 1270. The maximum atomic E-state index is 6.05. The van der Waals surface area contributed by atoms with Gasteiger partial charge in [0.15, 0.2) is 34.3 Å². The smallest absolute Gasteiger partial charge is 0.224 e. The number of hydrogen-bond acceptors (Lipinski definition) is 11. The molecule has 0 saturated carbocycles. The highest BCUT2D eigenvalue weighted by atomic mass is 16.5. The minimum absolute atomic E-state index is 0.00576. The van der Waals surface area contributed by atoms with E-state index in [-0.39, 0.29) is 24.1 Å². The van der Waals surface area contributed by atoms with Crippen LogP contribution in [0.4, 0.5) is 11.8 Å². The van der Waals surface area contributed by atoms with Gasteiger partial charge in [0.1, 0.15) is 18.1 Å². The summed E-state index contributed by atoms with van der Waals surface area (Å²) in [4.78, 5) is 22.1. The summed E-state index contributed by atoms with van der Waals surface area (Å²) < 4.78 is 23.5. The summed E-state index contributed by atoms with van der Waals surface area (Å²) in [7, 11) is 6.19. The minimum Gasteiger partial charge on any atom is -0.493 e. The molecule has 0 radical (unpaired) electrons. The first-order valence-corrected chi connectivity index (χ1v) is 9.42. The van der Waals surface area contributed by atoms with E-state index in [0.29, 0.717) is 45.5 Å². The molecule has 0 aliphatic rings. The number of anilines is 2. The number of fused-ring (bicyclic) bond motifs is 1. The van der Waals surface area contributed by atoms with E-state index in [2.05, 4.69) is 15.0 Å². The molecule has 0 saturated heterocycles. The van der Waals surface area contributed by atoms with Gasteiger partial charge in [-0.05, 0) is 12.1 Å². The Morgan fingerprint density at radius 1 is 0.875 bits per heavy atom. The summed E-state index contributed by atoms with van der Waals surface area (Å²) in [5.41, 5.74) is 13.9. The Morgan fingerprint density at radius 3 is 2.22 bits per heavy atom. The normalized spacial score (nSPS) is 11.0. The molecule has 3 heterocycles. The van der Waals surface area contributed by atoms with Gasteiger partial charge >= 0.3 is 0 Å². The fourth-order valence-electron chi connectivity index (χ4n) is 3.33. The van der Waals surface area contributed by atoms with Crippen molar-refractivity contribution in [3.05, 3.63) is 24.5 Å². The molecule has 0 aliphatic carbocycles. The molecule has 12 heteroatoms. The summed E-state index contributed by atoms with van der Waals surface area (Å²) in [6.07, 6.45) is 3.41. The van der Waals surface area contributed by atoms with Gasteiger partial charge in [0, 0.05) is 25.1 Å². The van der Waals surface area contributed by atoms with E-state index in [1.165, 1.54) is 21.3 Å². The standard InChI is InChI=1S/C20H22N8O4/c1-29-9-28-6-5-23-19(28)14-13(25-18-15(24-14)17(21)26-20(22)27-18)10-7-11(30-2)16(32-4)12(8-10)31-3/h5-8H,9H2,1-4H3,(H4,21,22,25,26,27). The molecule has 12 nitrogen and oxygen atoms in total. The van der Waals surface area contributed by atoms with Gasteiger partial charge in [-0.25, -0.2) is 15.0 Å². The SMILES string of the molecule is COCn1ccnc1-c1nc2c(N)nc(N)nc2nc1-c1cc(OC)c(OC)c(OC)c1. The second-order valence-corrected chi connectivity index (χ2v) is 6.61. The number of benzene rings is 1. The van der Waals surface area contributed by atoms with Crippen LogP contribution in [0.3, 0.4) is 0 Å². The fraction of sp³-hybridized carbons (Fsp3) is 0.250. The maximum Gasteiger partial charge on any atom is 0.224 e. The van der Waals surface area contributed by atoms with Gasteiger partial charge in [0.2, 0.25) is 11.7 Å². The highest BCUT2D eigenvalue weighted by molar-refractivity contribution is 5.89. The predicted molar refractivity (Wildman–Crippen MR) is 117 cm³/mol. The molecule has 4 rings (SSSR count). The first-order chi connectivity index (χ1) is 15.5. The highest BCUT2D eigenvalue weighted by Gasteiger charge is 2.22. The fourth-order valence-corrected chi connectivity index (χ4v) is 3.33. The molecule has 0 fully saturated rings. The third-order valence-corrected chi connectivity index (χ3v) is 4.71. The number of ether oxygens (including phenoxy) is 4. The van der Waals surface area contributed by atoms with E-state index in [4.69, 9.17) is 40.4 Å². The molecule has 0 atom stereocenters. The van der Waals surface area contributed by atoms with Crippen LogP contribution >= 0.6 is 0 Å². The molecule has 4 N–H and O–H groups in total. The van der Waals surface area contributed by atoms with Crippen molar-refractivity contribution in [3.63, 3.8) is 0 Å². The van der Waals surface area contributed by atoms with Crippen LogP contribution in [0.5, 0.6) is 17.2 Å². The van der Waals surface area contributed by atoms with Gasteiger partial charge in [-0.15, -0.1) is 0 Å². The third-order valence-electron chi connectivity index (χ3n) is 4.71. The summed E-state index contributed by atoms with van der Waals surface area (Å²) in [5, 5.41) is 0. The largest absolute Gasteiger partial charge is 0.493 e. The maximum absolute atomic E-state index is 6.05. The molecule has 1 aromatic carbocycles. The summed E-state index contributed by atoms with van der Waals surface area (Å²) in [5.74, 6) is 1.98. The van der Waals surface area contributed by atoms with Crippen molar-refractivity contribution in [2.75, 3.05) is 39.9 Å². The van der Waals surface area contributed by atoms with E-state index in [0.717, 1.165) is 0 Å². The second-order valence-electron chi connectivity index (χ2n) is 6.61. The molecule has 0 spiro atoms. The van der Waals surface area contributed by atoms with Crippen molar-refractivity contribution in [1.29, 1.82) is 0 Å². The lowest BCUT2D eigenvalue weighted by Crippen LogP contribution is -2.08. The van der Waals surface area contributed by atoms with Crippen LogP contribution in [0.2, 0.25) is 0 Å². The molecule has 3 aromatic heterocycles. The van der Waals surface area contributed by atoms with Crippen LogP contribution < -0.4 is 25.7 Å². The molecule has 0 bridgehead atoms. The number of aromatic nitrogens is 6. The molecule has 32 heavy (non-hydrogen) atoms. The van der Waals surface area contributed by atoms with Gasteiger partial charge in [0.05, 0.1) is 21.3 Å². The Labute approximate surface area is 183 Å².